The minimum Gasteiger partial charge on any atom is -0.495 e. The van der Waals surface area contributed by atoms with Gasteiger partial charge in [0.1, 0.15) is 11.5 Å². The molecule has 0 aliphatic carbocycles. The number of para-hydroxylation sites is 2. The molecular formula is C14H10BrF3O2. The lowest BCUT2D eigenvalue weighted by atomic mass is 10.0. The molecule has 0 fully saturated rings. The summed E-state index contributed by atoms with van der Waals surface area (Å²) in [5.41, 5.74) is 0.824. The van der Waals surface area contributed by atoms with Gasteiger partial charge in [-0.2, -0.15) is 0 Å². The first-order valence-corrected chi connectivity index (χ1v) is 6.39. The van der Waals surface area contributed by atoms with Crippen molar-refractivity contribution < 1.29 is 22.6 Å². The van der Waals surface area contributed by atoms with Gasteiger partial charge in [0.15, 0.2) is 0 Å². The van der Waals surface area contributed by atoms with Gasteiger partial charge in [-0.1, -0.05) is 30.3 Å². The zero-order chi connectivity index (χ0) is 14.8. The molecule has 0 aliphatic heterocycles. The first-order chi connectivity index (χ1) is 9.42. The Labute approximate surface area is 122 Å². The van der Waals surface area contributed by atoms with E-state index in [0.29, 0.717) is 21.3 Å². The van der Waals surface area contributed by atoms with Gasteiger partial charge >= 0.3 is 6.36 Å². The van der Waals surface area contributed by atoms with Crippen LogP contribution < -0.4 is 9.47 Å². The fourth-order valence-electron chi connectivity index (χ4n) is 1.83. The van der Waals surface area contributed by atoms with Crippen LogP contribution in [0.2, 0.25) is 0 Å². The van der Waals surface area contributed by atoms with Crippen LogP contribution in [0.3, 0.4) is 0 Å². The van der Waals surface area contributed by atoms with E-state index in [9.17, 15) is 13.2 Å². The van der Waals surface area contributed by atoms with Gasteiger partial charge in [0.25, 0.3) is 0 Å². The lowest BCUT2D eigenvalue weighted by Gasteiger charge is -2.15. The van der Waals surface area contributed by atoms with Crippen molar-refractivity contribution in [2.24, 2.45) is 0 Å². The third kappa shape index (κ3) is 3.25. The number of ether oxygens (including phenoxy) is 2. The van der Waals surface area contributed by atoms with E-state index in [-0.39, 0.29) is 5.75 Å². The molecule has 0 radical (unpaired) electrons. The van der Waals surface area contributed by atoms with E-state index in [1.54, 1.807) is 30.3 Å². The molecule has 0 aliphatic rings. The average molecular weight is 347 g/mol. The highest BCUT2D eigenvalue weighted by Gasteiger charge is 2.32. The first kappa shape index (κ1) is 14.7. The summed E-state index contributed by atoms with van der Waals surface area (Å²) < 4.78 is 47.2. The van der Waals surface area contributed by atoms with Crippen molar-refractivity contribution in [3.05, 3.63) is 46.9 Å². The minimum atomic E-state index is -4.74. The summed E-state index contributed by atoms with van der Waals surface area (Å²) in [6.45, 7) is 0. The van der Waals surface area contributed by atoms with Crippen molar-refractivity contribution in [3.63, 3.8) is 0 Å². The molecule has 20 heavy (non-hydrogen) atoms. The molecule has 0 atom stereocenters. The summed E-state index contributed by atoms with van der Waals surface area (Å²) in [5, 5.41) is 0. The maximum absolute atomic E-state index is 12.4. The van der Waals surface area contributed by atoms with E-state index in [2.05, 4.69) is 20.7 Å². The highest BCUT2D eigenvalue weighted by atomic mass is 79.9. The maximum Gasteiger partial charge on any atom is 0.573 e. The number of halogens is 4. The van der Waals surface area contributed by atoms with Crippen molar-refractivity contribution in [2.45, 2.75) is 6.36 Å². The van der Waals surface area contributed by atoms with Crippen molar-refractivity contribution in [1.82, 2.24) is 0 Å². The summed E-state index contributed by atoms with van der Waals surface area (Å²) in [6, 6.07) is 11.1. The monoisotopic (exact) mass is 346 g/mol. The predicted molar refractivity (Wildman–Crippen MR) is 72.8 cm³/mol. The molecule has 2 nitrogen and oxygen atoms in total. The lowest BCUT2D eigenvalue weighted by molar-refractivity contribution is -0.274. The Bertz CT molecular complexity index is 612. The zero-order valence-electron chi connectivity index (χ0n) is 10.4. The van der Waals surface area contributed by atoms with E-state index in [1.165, 1.54) is 19.2 Å². The molecule has 2 rings (SSSR count). The molecule has 0 aromatic heterocycles. The fraction of sp³-hybridized carbons (Fsp3) is 0.143. The summed E-state index contributed by atoms with van der Waals surface area (Å²) in [4.78, 5) is 0. The molecule has 0 saturated heterocycles. The molecule has 0 N–H and O–H groups in total. The van der Waals surface area contributed by atoms with Gasteiger partial charge < -0.3 is 9.47 Å². The Kier molecular flexibility index (Phi) is 4.23. The molecular weight excluding hydrogens is 337 g/mol. The molecule has 106 valence electrons. The van der Waals surface area contributed by atoms with E-state index in [4.69, 9.17) is 4.74 Å². The largest absolute Gasteiger partial charge is 0.573 e. The van der Waals surface area contributed by atoms with Crippen molar-refractivity contribution in [2.75, 3.05) is 7.11 Å². The number of benzene rings is 2. The summed E-state index contributed by atoms with van der Waals surface area (Å²) in [6.07, 6.45) is -4.74. The van der Waals surface area contributed by atoms with Gasteiger partial charge in [0.05, 0.1) is 11.6 Å². The van der Waals surface area contributed by atoms with Crippen molar-refractivity contribution in [1.29, 1.82) is 0 Å². The molecule has 0 amide bonds. The normalized spacial score (nSPS) is 11.2. The number of alkyl halides is 3. The first-order valence-electron chi connectivity index (χ1n) is 5.60. The second-order valence-electron chi connectivity index (χ2n) is 3.86. The van der Waals surface area contributed by atoms with E-state index < -0.39 is 6.36 Å². The molecule has 0 bridgehead atoms. The van der Waals surface area contributed by atoms with Crippen LogP contribution in [0.15, 0.2) is 46.9 Å². The van der Waals surface area contributed by atoms with E-state index in [1.807, 2.05) is 0 Å². The van der Waals surface area contributed by atoms with Crippen LogP contribution in [-0.2, 0) is 0 Å². The Morgan fingerprint density at radius 2 is 1.60 bits per heavy atom. The van der Waals surface area contributed by atoms with Crippen LogP contribution in [0.25, 0.3) is 11.1 Å². The van der Waals surface area contributed by atoms with Gasteiger partial charge in [0, 0.05) is 11.1 Å². The number of rotatable bonds is 3. The number of hydrogen-bond donors (Lipinski definition) is 0. The topological polar surface area (TPSA) is 18.5 Å². The second-order valence-corrected chi connectivity index (χ2v) is 4.72. The third-order valence-corrected chi connectivity index (χ3v) is 3.20. The highest BCUT2D eigenvalue weighted by molar-refractivity contribution is 9.10. The Morgan fingerprint density at radius 1 is 0.950 bits per heavy atom. The summed E-state index contributed by atoms with van der Waals surface area (Å²) >= 11 is 3.30. The fourth-order valence-corrected chi connectivity index (χ4v) is 2.36. The second kappa shape index (κ2) is 5.75. The quantitative estimate of drug-likeness (QED) is 0.776. The van der Waals surface area contributed by atoms with Gasteiger partial charge in [0.2, 0.25) is 0 Å². The number of methoxy groups -OCH3 is 1. The van der Waals surface area contributed by atoms with E-state index >= 15 is 0 Å². The summed E-state index contributed by atoms with van der Waals surface area (Å²) in [5.74, 6) is 0.183. The molecule has 2 aromatic carbocycles. The van der Waals surface area contributed by atoms with Gasteiger partial charge in [-0.05, 0) is 28.1 Å². The standard InChI is InChI=1S/C14H10BrF3O2/c1-19-13-10(6-4-7-11(13)15)9-5-2-3-8-12(9)20-14(16,17)18/h2-8H,1H3. The molecule has 0 unspecified atom stereocenters. The lowest BCUT2D eigenvalue weighted by Crippen LogP contribution is -2.17. The molecule has 0 heterocycles. The smallest absolute Gasteiger partial charge is 0.495 e. The third-order valence-electron chi connectivity index (χ3n) is 2.57. The Hall–Kier alpha value is -1.69. The van der Waals surface area contributed by atoms with Crippen molar-refractivity contribution in [3.8, 4) is 22.6 Å². The van der Waals surface area contributed by atoms with E-state index in [0.717, 1.165) is 0 Å². The van der Waals surface area contributed by atoms with Crippen LogP contribution in [0, 0.1) is 0 Å². The molecule has 6 heteroatoms. The Balaban J connectivity index is 2.56. The van der Waals surface area contributed by atoms with Crippen LogP contribution in [0.5, 0.6) is 11.5 Å². The predicted octanol–water partition coefficient (Wildman–Crippen LogP) is 5.02. The van der Waals surface area contributed by atoms with Gasteiger partial charge in [-0.15, -0.1) is 13.2 Å². The van der Waals surface area contributed by atoms with Gasteiger partial charge in [-0.25, -0.2) is 0 Å². The van der Waals surface area contributed by atoms with Crippen LogP contribution in [-0.4, -0.2) is 13.5 Å². The maximum atomic E-state index is 12.4. The molecule has 0 spiro atoms. The Morgan fingerprint density at radius 3 is 2.25 bits per heavy atom. The zero-order valence-corrected chi connectivity index (χ0v) is 12.0. The average Bonchev–Trinajstić information content (AvgIpc) is 2.37. The van der Waals surface area contributed by atoms with Crippen LogP contribution in [0.4, 0.5) is 13.2 Å². The summed E-state index contributed by atoms with van der Waals surface area (Å²) in [7, 11) is 1.46. The SMILES string of the molecule is COc1c(Br)cccc1-c1ccccc1OC(F)(F)F. The van der Waals surface area contributed by atoms with Crippen LogP contribution in [0.1, 0.15) is 0 Å². The highest BCUT2D eigenvalue weighted by Crippen LogP contribution is 2.41. The van der Waals surface area contributed by atoms with Crippen LogP contribution >= 0.6 is 15.9 Å². The van der Waals surface area contributed by atoms with Crippen molar-refractivity contribution >= 4 is 15.9 Å². The molecule has 2 aromatic rings. The minimum absolute atomic E-state index is 0.267. The number of hydrogen-bond acceptors (Lipinski definition) is 2. The molecule has 0 saturated carbocycles. The van der Waals surface area contributed by atoms with Gasteiger partial charge in [-0.3, -0.25) is 0 Å².